The SMILES string of the molecule is CC(C)(C)OC(=O)N1CCC[C@H]2[C@@H]1C[C@H](c1ccccc1)[N+]2(Cc1ccccc1)Cc1ccccc1. The van der Waals surface area contributed by atoms with Crippen molar-refractivity contribution in [3.05, 3.63) is 108 Å². The van der Waals surface area contributed by atoms with Crippen LogP contribution in [0.25, 0.3) is 0 Å². The van der Waals surface area contributed by atoms with Crippen LogP contribution < -0.4 is 0 Å². The number of rotatable bonds is 5. The number of hydrogen-bond donors (Lipinski definition) is 0. The number of hydrogen-bond acceptors (Lipinski definition) is 2. The normalized spacial score (nSPS) is 23.2. The standard InChI is InChI=1S/C32H39N2O2/c1-32(2,3)36-31(35)33-21-13-20-29-28(33)22-30(27-18-11-6-12-19-27)34(29,23-25-14-7-4-8-15-25)24-26-16-9-5-10-17-26/h4-12,14-19,28-30H,13,20-24H2,1-3H3/q+1/t28-,29-,30+/m0/s1. The number of fused-ring (bicyclic) bond motifs is 1. The van der Waals surface area contributed by atoms with Crippen molar-refractivity contribution in [2.24, 2.45) is 0 Å². The Bertz CT molecular complexity index is 1100. The van der Waals surface area contributed by atoms with Crippen molar-refractivity contribution >= 4 is 6.09 Å². The second kappa shape index (κ2) is 10.1. The highest BCUT2D eigenvalue weighted by Gasteiger charge is 2.59. The van der Waals surface area contributed by atoms with Crippen molar-refractivity contribution in [2.75, 3.05) is 6.54 Å². The lowest BCUT2D eigenvalue weighted by Gasteiger charge is -2.48. The van der Waals surface area contributed by atoms with E-state index in [1.807, 2.05) is 20.8 Å². The first-order valence-electron chi connectivity index (χ1n) is 13.3. The summed E-state index contributed by atoms with van der Waals surface area (Å²) in [7, 11) is 0. The first-order chi connectivity index (χ1) is 17.4. The Morgan fingerprint density at radius 2 is 1.39 bits per heavy atom. The van der Waals surface area contributed by atoms with E-state index in [0.717, 1.165) is 43.4 Å². The molecule has 188 valence electrons. The lowest BCUT2D eigenvalue weighted by Crippen LogP contribution is -2.59. The van der Waals surface area contributed by atoms with Gasteiger partial charge in [-0.15, -0.1) is 0 Å². The zero-order valence-electron chi connectivity index (χ0n) is 21.8. The highest BCUT2D eigenvalue weighted by atomic mass is 16.6. The van der Waals surface area contributed by atoms with Gasteiger partial charge in [-0.2, -0.15) is 0 Å². The van der Waals surface area contributed by atoms with Crippen molar-refractivity contribution in [1.29, 1.82) is 0 Å². The third-order valence-corrected chi connectivity index (χ3v) is 7.94. The minimum atomic E-state index is -0.499. The van der Waals surface area contributed by atoms with Gasteiger partial charge in [-0.1, -0.05) is 91.0 Å². The molecule has 36 heavy (non-hydrogen) atoms. The first-order valence-corrected chi connectivity index (χ1v) is 13.3. The number of amides is 1. The van der Waals surface area contributed by atoms with E-state index in [9.17, 15) is 4.79 Å². The lowest BCUT2D eigenvalue weighted by atomic mass is 9.95. The Morgan fingerprint density at radius 3 is 1.92 bits per heavy atom. The minimum absolute atomic E-state index is 0.159. The molecule has 2 aliphatic rings. The maximum absolute atomic E-state index is 13.4. The van der Waals surface area contributed by atoms with Gasteiger partial charge < -0.3 is 9.22 Å². The predicted molar refractivity (Wildman–Crippen MR) is 144 cm³/mol. The molecule has 2 aliphatic heterocycles. The summed E-state index contributed by atoms with van der Waals surface area (Å²) in [4.78, 5) is 15.5. The Hall–Kier alpha value is -3.11. The van der Waals surface area contributed by atoms with E-state index in [-0.39, 0.29) is 12.1 Å². The maximum Gasteiger partial charge on any atom is 0.410 e. The average Bonchev–Trinajstić information content (AvgIpc) is 3.18. The van der Waals surface area contributed by atoms with Gasteiger partial charge >= 0.3 is 6.09 Å². The highest BCUT2D eigenvalue weighted by molar-refractivity contribution is 5.69. The summed E-state index contributed by atoms with van der Waals surface area (Å²) in [5.41, 5.74) is 3.57. The Labute approximate surface area is 216 Å². The molecule has 5 rings (SSSR count). The number of carbonyl (C=O) groups excluding carboxylic acids is 1. The first kappa shape index (κ1) is 24.6. The molecule has 0 unspecified atom stereocenters. The summed E-state index contributed by atoms with van der Waals surface area (Å²) >= 11 is 0. The van der Waals surface area contributed by atoms with Crippen LogP contribution in [0.1, 0.15) is 62.8 Å². The molecule has 1 amide bonds. The van der Waals surface area contributed by atoms with Crippen molar-refractivity contribution in [3.8, 4) is 0 Å². The van der Waals surface area contributed by atoms with E-state index in [4.69, 9.17) is 4.74 Å². The van der Waals surface area contributed by atoms with Crippen LogP contribution in [0, 0.1) is 0 Å². The van der Waals surface area contributed by atoms with Gasteiger partial charge in [-0.05, 0) is 27.2 Å². The lowest BCUT2D eigenvalue weighted by molar-refractivity contribution is -0.992. The Balaban J connectivity index is 1.61. The van der Waals surface area contributed by atoms with Crippen molar-refractivity contribution in [1.82, 2.24) is 4.90 Å². The van der Waals surface area contributed by atoms with E-state index in [2.05, 4.69) is 95.9 Å². The van der Waals surface area contributed by atoms with Gasteiger partial charge in [0, 0.05) is 36.1 Å². The van der Waals surface area contributed by atoms with Crippen LogP contribution in [-0.2, 0) is 17.8 Å². The quantitative estimate of drug-likeness (QED) is 0.362. The maximum atomic E-state index is 13.4. The van der Waals surface area contributed by atoms with Crippen molar-refractivity contribution < 1.29 is 14.0 Å². The van der Waals surface area contributed by atoms with Gasteiger partial charge in [0.2, 0.25) is 0 Å². The smallest absolute Gasteiger partial charge is 0.410 e. The molecule has 2 fully saturated rings. The molecular weight excluding hydrogens is 444 g/mol. The second-order valence-electron chi connectivity index (χ2n) is 11.5. The Morgan fingerprint density at radius 1 is 0.861 bits per heavy atom. The van der Waals surface area contributed by atoms with Gasteiger partial charge in [-0.25, -0.2) is 4.79 Å². The number of quaternary nitrogens is 1. The highest BCUT2D eigenvalue weighted by Crippen LogP contribution is 2.51. The summed E-state index contributed by atoms with van der Waals surface area (Å²) in [6.45, 7) is 8.53. The number of ether oxygens (including phenoxy) is 1. The molecule has 0 aromatic heterocycles. The molecule has 3 aromatic carbocycles. The number of benzene rings is 3. The summed E-state index contributed by atoms with van der Waals surface area (Å²) in [6.07, 6.45) is 2.91. The second-order valence-corrected chi connectivity index (χ2v) is 11.5. The van der Waals surface area contributed by atoms with Crippen LogP contribution in [0.3, 0.4) is 0 Å². The summed E-state index contributed by atoms with van der Waals surface area (Å²) in [6, 6.07) is 33.6. The number of likely N-dealkylation sites (tertiary alicyclic amines) is 2. The summed E-state index contributed by atoms with van der Waals surface area (Å²) in [5.74, 6) is 0. The molecule has 2 heterocycles. The predicted octanol–water partition coefficient (Wildman–Crippen LogP) is 7.12. The Kier molecular flexibility index (Phi) is 6.90. The third kappa shape index (κ3) is 5.05. The molecule has 0 bridgehead atoms. The zero-order chi connectivity index (χ0) is 25.2. The minimum Gasteiger partial charge on any atom is -0.444 e. The molecule has 4 heteroatoms. The van der Waals surface area contributed by atoms with Gasteiger partial charge in [0.15, 0.2) is 0 Å². The fourth-order valence-corrected chi connectivity index (χ4v) is 6.60. The molecule has 0 N–H and O–H groups in total. The van der Waals surface area contributed by atoms with Crippen molar-refractivity contribution in [2.45, 2.75) is 76.8 Å². The van der Waals surface area contributed by atoms with E-state index in [1.54, 1.807) is 0 Å². The summed E-state index contributed by atoms with van der Waals surface area (Å²) < 4.78 is 6.84. The van der Waals surface area contributed by atoms with Crippen LogP contribution in [0.2, 0.25) is 0 Å². The van der Waals surface area contributed by atoms with Crippen LogP contribution >= 0.6 is 0 Å². The van der Waals surface area contributed by atoms with Gasteiger partial charge in [0.25, 0.3) is 0 Å². The van der Waals surface area contributed by atoms with Crippen LogP contribution in [0.4, 0.5) is 4.79 Å². The third-order valence-electron chi connectivity index (χ3n) is 7.94. The van der Waals surface area contributed by atoms with Crippen LogP contribution in [0.15, 0.2) is 91.0 Å². The van der Waals surface area contributed by atoms with E-state index in [1.165, 1.54) is 16.7 Å². The molecule has 2 saturated heterocycles. The molecule has 3 aromatic rings. The molecular formula is C32H39N2O2+. The van der Waals surface area contributed by atoms with Crippen molar-refractivity contribution in [3.63, 3.8) is 0 Å². The van der Waals surface area contributed by atoms with Gasteiger partial charge in [0.1, 0.15) is 30.8 Å². The average molecular weight is 484 g/mol. The fourth-order valence-electron chi connectivity index (χ4n) is 6.60. The van der Waals surface area contributed by atoms with Gasteiger partial charge in [-0.3, -0.25) is 4.90 Å². The fraction of sp³-hybridized carbons (Fsp3) is 0.406. The molecule has 4 nitrogen and oxygen atoms in total. The number of piperidine rings is 1. The van der Waals surface area contributed by atoms with E-state index >= 15 is 0 Å². The molecule has 0 aliphatic carbocycles. The molecule has 0 radical (unpaired) electrons. The van der Waals surface area contributed by atoms with E-state index < -0.39 is 5.60 Å². The molecule has 0 spiro atoms. The van der Waals surface area contributed by atoms with Crippen LogP contribution in [-0.4, -0.2) is 39.7 Å². The van der Waals surface area contributed by atoms with Gasteiger partial charge in [0.05, 0.1) is 6.04 Å². The van der Waals surface area contributed by atoms with E-state index in [0.29, 0.717) is 12.1 Å². The molecule has 3 atom stereocenters. The number of nitrogens with zero attached hydrogens (tertiary/aromatic N) is 2. The summed E-state index contributed by atoms with van der Waals surface area (Å²) in [5, 5.41) is 0. The zero-order valence-corrected chi connectivity index (χ0v) is 21.8. The monoisotopic (exact) mass is 483 g/mol. The van der Waals surface area contributed by atoms with Crippen LogP contribution in [0.5, 0.6) is 0 Å². The largest absolute Gasteiger partial charge is 0.444 e. The number of carbonyl (C=O) groups is 1. The topological polar surface area (TPSA) is 29.5 Å². The molecule has 0 saturated carbocycles.